The van der Waals surface area contributed by atoms with Crippen LogP contribution in [0.25, 0.3) is 0 Å². The maximum absolute atomic E-state index is 10.2. The van der Waals surface area contributed by atoms with Crippen LogP contribution >= 0.6 is 27.6 Å². The molecule has 0 aliphatic rings. The predicted molar refractivity (Wildman–Crippen MR) is 49.4 cm³/mol. The number of hydrogen-bond donors (Lipinski definition) is 0. The van der Waals surface area contributed by atoms with Crippen LogP contribution in [0.4, 0.5) is 4.79 Å². The summed E-state index contributed by atoms with van der Waals surface area (Å²) < 4.78 is 8.18. The number of pyridine rings is 1. The normalized spacial score (nSPS) is 10.7. The topological polar surface area (TPSA) is 48.4 Å². The Balaban J connectivity index is 0.000000280. The monoisotopic (exact) mass is 638 g/mol. The molecule has 0 unspecified atom stereocenters. The first kappa shape index (κ1) is 15.8. The summed E-state index contributed by atoms with van der Waals surface area (Å²) in [5.74, 6) is 0. The van der Waals surface area contributed by atoms with Gasteiger partial charge in [-0.3, -0.25) is 4.98 Å². The third-order valence-electron chi connectivity index (χ3n) is 0.737. The van der Waals surface area contributed by atoms with Crippen LogP contribution in [0.5, 0.6) is 0 Å². The van der Waals surface area contributed by atoms with Gasteiger partial charge in [0.2, 0.25) is 0 Å². The van der Waals surface area contributed by atoms with Gasteiger partial charge in [-0.2, -0.15) is 0 Å². The molecular formula is C6H5Au2Cl3NO3. The summed E-state index contributed by atoms with van der Waals surface area (Å²) in [4.78, 5) is 13.9. The Labute approximate surface area is 115 Å². The van der Waals surface area contributed by atoms with Gasteiger partial charge in [0.05, 0.1) is 0 Å². The van der Waals surface area contributed by atoms with E-state index < -0.39 is 20.4 Å². The van der Waals surface area contributed by atoms with Crippen LogP contribution in [-0.4, -0.2) is 11.1 Å². The first-order chi connectivity index (χ1) is 6.95. The zero-order valence-electron chi connectivity index (χ0n) is 6.80. The Kier molecular flexibility index (Phi) is 9.33. The Hall–Kier alpha value is 0.771. The van der Waals surface area contributed by atoms with E-state index in [1.54, 1.807) is 12.4 Å². The standard InChI is InChI=1S/C5H5N.CH2O3.2Au.3ClH/c1-2-4-6-5-3-1;2-1(3)4;;;;;/h1-5H;(H2,2,3,4);;;3*1H/q;;+1;+4;;;/p-5. The minimum absolute atomic E-state index is 0.980. The summed E-state index contributed by atoms with van der Waals surface area (Å²) in [5, 5.41) is 0. The molecule has 0 atom stereocenters. The fourth-order valence-electron chi connectivity index (χ4n) is 0.377. The largest absolute Gasteiger partial charge is 0.265 e. The fraction of sp³-hybridized carbons (Fsp3) is 0. The van der Waals surface area contributed by atoms with Crippen LogP contribution in [0, 0.1) is 0 Å². The summed E-state index contributed by atoms with van der Waals surface area (Å²) in [6, 6.07) is 5.72. The summed E-state index contributed by atoms with van der Waals surface area (Å²) in [7, 11) is 15.5. The van der Waals surface area contributed by atoms with E-state index in [9.17, 15) is 4.79 Å². The van der Waals surface area contributed by atoms with E-state index in [2.05, 4.69) is 11.5 Å². The minimum Gasteiger partial charge on any atom is -0.265 e. The second-order valence-corrected chi connectivity index (χ2v) is 15.2. The van der Waals surface area contributed by atoms with Gasteiger partial charge >= 0.3 is 80.8 Å². The molecule has 1 heterocycles. The molecule has 1 rings (SSSR count). The molecular weight excluding hydrogens is 634 g/mol. The van der Waals surface area contributed by atoms with Crippen LogP contribution < -0.4 is 0 Å². The van der Waals surface area contributed by atoms with Crippen LogP contribution in [-0.2, 0) is 42.2 Å². The van der Waals surface area contributed by atoms with Gasteiger partial charge in [-0.25, -0.2) is 0 Å². The van der Waals surface area contributed by atoms with Crippen molar-refractivity contribution in [3.8, 4) is 0 Å². The van der Waals surface area contributed by atoms with E-state index in [1.165, 1.54) is 21.5 Å². The van der Waals surface area contributed by atoms with Crippen molar-refractivity contribution in [2.75, 3.05) is 0 Å². The third-order valence-corrected chi connectivity index (χ3v) is 3.10. The van der Waals surface area contributed by atoms with E-state index in [0.29, 0.717) is 0 Å². The Morgan fingerprint density at radius 2 is 1.73 bits per heavy atom. The number of hydrogen-bond acceptors (Lipinski definition) is 4. The SMILES string of the molecule is O=C([O][Au])[O][Au]([Cl])([Cl])[Cl].c1ccncc1. The molecule has 0 amide bonds. The van der Waals surface area contributed by atoms with Gasteiger partial charge in [-0.15, -0.1) is 0 Å². The Bertz CT molecular complexity index is 256. The molecule has 0 aliphatic heterocycles. The van der Waals surface area contributed by atoms with Gasteiger partial charge in [0, 0.05) is 12.4 Å². The zero-order valence-corrected chi connectivity index (χ0v) is 13.4. The maximum atomic E-state index is 10.2. The molecule has 0 saturated heterocycles. The fourth-order valence-corrected chi connectivity index (χ4v) is 2.22. The molecule has 0 aromatic carbocycles. The second kappa shape index (κ2) is 8.87. The minimum atomic E-state index is -3.62. The van der Waals surface area contributed by atoms with Crippen LogP contribution in [0.15, 0.2) is 30.6 Å². The average Bonchev–Trinajstić information content (AvgIpc) is 2.19. The maximum Gasteiger partial charge on any atom is 0.0267 e. The van der Waals surface area contributed by atoms with E-state index >= 15 is 0 Å². The molecule has 0 fully saturated rings. The molecule has 1 aromatic heterocycles. The molecule has 0 spiro atoms. The van der Waals surface area contributed by atoms with Crippen LogP contribution in [0.3, 0.4) is 0 Å². The Morgan fingerprint density at radius 1 is 1.20 bits per heavy atom. The van der Waals surface area contributed by atoms with E-state index in [-0.39, 0.29) is 0 Å². The number of carbonyl (C=O) groups excluding carboxylic acids is 1. The summed E-state index contributed by atoms with van der Waals surface area (Å²) in [5.41, 5.74) is 0. The molecule has 15 heavy (non-hydrogen) atoms. The number of halogens is 3. The van der Waals surface area contributed by atoms with Gasteiger partial charge < -0.3 is 0 Å². The average molecular weight is 639 g/mol. The van der Waals surface area contributed by atoms with Gasteiger partial charge in [-0.05, 0) is 12.1 Å². The molecule has 95 valence electrons. The van der Waals surface area contributed by atoms with Crippen molar-refractivity contribution in [1.29, 1.82) is 0 Å². The number of nitrogens with zero attached hydrogens (tertiary/aromatic N) is 1. The van der Waals surface area contributed by atoms with Crippen molar-refractivity contribution in [2.45, 2.75) is 0 Å². The quantitative estimate of drug-likeness (QED) is 0.444. The van der Waals surface area contributed by atoms with Crippen molar-refractivity contribution < 1.29 is 47.0 Å². The van der Waals surface area contributed by atoms with Gasteiger partial charge in [0.25, 0.3) is 0 Å². The van der Waals surface area contributed by atoms with Gasteiger partial charge in [-0.1, -0.05) is 6.07 Å². The van der Waals surface area contributed by atoms with Crippen molar-refractivity contribution >= 4 is 33.7 Å². The zero-order chi connectivity index (χ0) is 11.7. The first-order valence-corrected chi connectivity index (χ1v) is 12.9. The number of aromatic nitrogens is 1. The number of carbonyl (C=O) groups is 1. The summed E-state index contributed by atoms with van der Waals surface area (Å²) in [6.45, 7) is 0. The predicted octanol–water partition coefficient (Wildman–Crippen LogP) is 3.21. The third kappa shape index (κ3) is 12.7. The van der Waals surface area contributed by atoms with E-state index in [4.69, 9.17) is 27.6 Å². The summed E-state index contributed by atoms with van der Waals surface area (Å²) in [6.07, 6.45) is 2.52. The molecule has 0 saturated carbocycles. The van der Waals surface area contributed by atoms with Crippen LogP contribution in [0.1, 0.15) is 0 Å². The molecule has 1 aromatic rings. The van der Waals surface area contributed by atoms with Crippen molar-refractivity contribution in [1.82, 2.24) is 4.98 Å². The molecule has 0 aliphatic carbocycles. The molecule has 0 bridgehead atoms. The van der Waals surface area contributed by atoms with E-state index in [1.807, 2.05) is 18.2 Å². The van der Waals surface area contributed by atoms with Gasteiger partial charge in [0.15, 0.2) is 0 Å². The second-order valence-electron chi connectivity index (χ2n) is 1.67. The van der Waals surface area contributed by atoms with Crippen molar-refractivity contribution in [3.63, 3.8) is 0 Å². The molecule has 4 nitrogen and oxygen atoms in total. The van der Waals surface area contributed by atoms with Crippen molar-refractivity contribution in [3.05, 3.63) is 30.6 Å². The van der Waals surface area contributed by atoms with Crippen LogP contribution in [0.2, 0.25) is 0 Å². The summed E-state index contributed by atoms with van der Waals surface area (Å²) >= 11 is -2.13. The smallest absolute Gasteiger partial charge is 0.0267 e. The molecule has 9 heteroatoms. The van der Waals surface area contributed by atoms with E-state index in [0.717, 1.165) is 0 Å². The molecule has 0 radical (unpaired) electrons. The van der Waals surface area contributed by atoms with Crippen molar-refractivity contribution in [2.24, 2.45) is 0 Å². The van der Waals surface area contributed by atoms with Gasteiger partial charge in [0.1, 0.15) is 0 Å². The number of rotatable bonds is 1. The molecule has 0 N–H and O–H groups in total. The Morgan fingerprint density at radius 3 is 1.87 bits per heavy atom. The first-order valence-electron chi connectivity index (χ1n) is 3.05.